The van der Waals surface area contributed by atoms with Crippen LogP contribution in [0.3, 0.4) is 0 Å². The lowest BCUT2D eigenvalue weighted by Gasteiger charge is -2.18. The molecule has 1 fully saturated rings. The van der Waals surface area contributed by atoms with Crippen LogP contribution in [0.5, 0.6) is 5.75 Å². The summed E-state index contributed by atoms with van der Waals surface area (Å²) in [6, 6.07) is 8.39. The molecule has 1 unspecified atom stereocenters. The normalized spacial score (nSPS) is 17.9. The van der Waals surface area contributed by atoms with Crippen LogP contribution in [0.2, 0.25) is 0 Å². The Bertz CT molecular complexity index is 344. The number of ether oxygens (including phenoxy) is 1. The van der Waals surface area contributed by atoms with Gasteiger partial charge in [0.1, 0.15) is 5.75 Å². The highest BCUT2D eigenvalue weighted by Crippen LogP contribution is 2.22. The number of hydrogen-bond acceptors (Lipinski definition) is 3. The quantitative estimate of drug-likeness (QED) is 0.781. The van der Waals surface area contributed by atoms with Crippen molar-refractivity contribution in [3.05, 3.63) is 29.8 Å². The van der Waals surface area contributed by atoms with Crippen LogP contribution in [0.15, 0.2) is 24.3 Å². The highest BCUT2D eigenvalue weighted by molar-refractivity contribution is 5.28. The molecule has 3 heteroatoms. The molecule has 0 saturated heterocycles. The van der Waals surface area contributed by atoms with Gasteiger partial charge in [0.15, 0.2) is 0 Å². The van der Waals surface area contributed by atoms with Crippen LogP contribution in [-0.2, 0) is 4.84 Å². The summed E-state index contributed by atoms with van der Waals surface area (Å²) in [6.45, 7) is 4.82. The van der Waals surface area contributed by atoms with Gasteiger partial charge in [0.05, 0.1) is 18.8 Å². The van der Waals surface area contributed by atoms with Crippen molar-refractivity contribution in [3.63, 3.8) is 0 Å². The van der Waals surface area contributed by atoms with E-state index < -0.39 is 0 Å². The third-order valence-corrected chi connectivity index (χ3v) is 3.40. The molecule has 0 radical (unpaired) electrons. The van der Waals surface area contributed by atoms with Crippen molar-refractivity contribution in [2.24, 2.45) is 0 Å². The minimum atomic E-state index is 0.210. The van der Waals surface area contributed by atoms with Crippen LogP contribution in [0.1, 0.15) is 51.1 Å². The number of hydroxylamine groups is 1. The molecule has 1 aliphatic carbocycles. The van der Waals surface area contributed by atoms with Crippen LogP contribution < -0.4 is 10.2 Å². The molecule has 18 heavy (non-hydrogen) atoms. The smallest absolute Gasteiger partial charge is 0.119 e. The van der Waals surface area contributed by atoms with Crippen molar-refractivity contribution >= 4 is 0 Å². The van der Waals surface area contributed by atoms with Crippen molar-refractivity contribution < 1.29 is 9.57 Å². The van der Waals surface area contributed by atoms with E-state index in [-0.39, 0.29) is 6.04 Å². The van der Waals surface area contributed by atoms with Gasteiger partial charge in [-0.05, 0) is 44.4 Å². The summed E-state index contributed by atoms with van der Waals surface area (Å²) < 4.78 is 5.43. The van der Waals surface area contributed by atoms with Crippen LogP contribution in [-0.4, -0.2) is 12.7 Å². The molecule has 1 aliphatic rings. The maximum Gasteiger partial charge on any atom is 0.119 e. The molecule has 1 atom stereocenters. The molecule has 0 aliphatic heterocycles. The van der Waals surface area contributed by atoms with Gasteiger partial charge in [-0.1, -0.05) is 25.0 Å². The van der Waals surface area contributed by atoms with E-state index in [1.54, 1.807) is 0 Å². The molecule has 0 amide bonds. The Morgan fingerprint density at radius 3 is 2.50 bits per heavy atom. The Kier molecular flexibility index (Phi) is 5.02. The van der Waals surface area contributed by atoms with Gasteiger partial charge in [-0.3, -0.25) is 4.84 Å². The SMILES string of the molecule is CCOc1ccc(C(C)NOC2CCCC2)cc1. The lowest BCUT2D eigenvalue weighted by atomic mass is 10.1. The summed E-state index contributed by atoms with van der Waals surface area (Å²) in [5.74, 6) is 0.921. The molecule has 2 rings (SSSR count). The van der Waals surface area contributed by atoms with E-state index in [4.69, 9.17) is 9.57 Å². The molecule has 1 N–H and O–H groups in total. The first-order chi connectivity index (χ1) is 8.79. The Morgan fingerprint density at radius 2 is 1.89 bits per heavy atom. The molecule has 0 heterocycles. The lowest BCUT2D eigenvalue weighted by molar-refractivity contribution is -0.0376. The van der Waals surface area contributed by atoms with Crippen LogP contribution in [0.25, 0.3) is 0 Å². The minimum absolute atomic E-state index is 0.210. The molecule has 1 saturated carbocycles. The highest BCUT2D eigenvalue weighted by atomic mass is 16.7. The molecule has 0 spiro atoms. The van der Waals surface area contributed by atoms with Crippen molar-refractivity contribution in [2.45, 2.75) is 51.7 Å². The standard InChI is InChI=1S/C15H23NO2/c1-3-17-14-10-8-13(9-11-14)12(2)16-18-15-6-4-5-7-15/h8-12,15-16H,3-7H2,1-2H3. The number of rotatable bonds is 6. The highest BCUT2D eigenvalue weighted by Gasteiger charge is 2.16. The van der Waals surface area contributed by atoms with Crippen LogP contribution >= 0.6 is 0 Å². The van der Waals surface area contributed by atoms with E-state index in [0.29, 0.717) is 12.7 Å². The van der Waals surface area contributed by atoms with Crippen LogP contribution in [0, 0.1) is 0 Å². The average molecular weight is 249 g/mol. The zero-order valence-corrected chi connectivity index (χ0v) is 11.3. The summed E-state index contributed by atoms with van der Waals surface area (Å²) in [7, 11) is 0. The van der Waals surface area contributed by atoms with Crippen molar-refractivity contribution in [1.29, 1.82) is 0 Å². The molecule has 100 valence electrons. The Morgan fingerprint density at radius 1 is 1.22 bits per heavy atom. The van der Waals surface area contributed by atoms with Gasteiger partial charge in [-0.2, -0.15) is 5.48 Å². The number of benzene rings is 1. The van der Waals surface area contributed by atoms with E-state index in [2.05, 4.69) is 24.5 Å². The van der Waals surface area contributed by atoms with Gasteiger partial charge < -0.3 is 4.74 Å². The van der Waals surface area contributed by atoms with Gasteiger partial charge in [0.25, 0.3) is 0 Å². The monoisotopic (exact) mass is 249 g/mol. The second kappa shape index (κ2) is 6.76. The Labute approximate surface area is 109 Å². The fraction of sp³-hybridized carbons (Fsp3) is 0.600. The molecule has 3 nitrogen and oxygen atoms in total. The predicted molar refractivity (Wildman–Crippen MR) is 72.5 cm³/mol. The second-order valence-electron chi connectivity index (χ2n) is 4.87. The van der Waals surface area contributed by atoms with Gasteiger partial charge in [-0.15, -0.1) is 0 Å². The maximum absolute atomic E-state index is 5.72. The average Bonchev–Trinajstić information content (AvgIpc) is 2.90. The third kappa shape index (κ3) is 3.72. The molecular formula is C15H23NO2. The van der Waals surface area contributed by atoms with Gasteiger partial charge in [-0.25, -0.2) is 0 Å². The Balaban J connectivity index is 1.81. The van der Waals surface area contributed by atoms with E-state index in [1.807, 2.05) is 19.1 Å². The van der Waals surface area contributed by atoms with Crippen molar-refractivity contribution in [3.8, 4) is 5.75 Å². The first-order valence-corrected chi connectivity index (χ1v) is 6.93. The fourth-order valence-electron chi connectivity index (χ4n) is 2.29. The first kappa shape index (κ1) is 13.4. The first-order valence-electron chi connectivity index (χ1n) is 6.93. The Hall–Kier alpha value is -1.06. The number of nitrogens with one attached hydrogen (secondary N) is 1. The molecule has 1 aromatic carbocycles. The zero-order valence-electron chi connectivity index (χ0n) is 11.3. The summed E-state index contributed by atoms with van der Waals surface area (Å²) in [6.07, 6.45) is 5.36. The molecule has 1 aromatic rings. The number of hydrogen-bond donors (Lipinski definition) is 1. The largest absolute Gasteiger partial charge is 0.494 e. The van der Waals surface area contributed by atoms with Crippen molar-refractivity contribution in [1.82, 2.24) is 5.48 Å². The lowest BCUT2D eigenvalue weighted by Crippen LogP contribution is -2.24. The van der Waals surface area contributed by atoms with E-state index in [0.717, 1.165) is 5.75 Å². The summed E-state index contributed by atoms with van der Waals surface area (Å²) in [4.78, 5) is 5.72. The molecule has 0 aromatic heterocycles. The van der Waals surface area contributed by atoms with Crippen LogP contribution in [0.4, 0.5) is 0 Å². The predicted octanol–water partition coefficient (Wildman–Crippen LogP) is 3.61. The zero-order chi connectivity index (χ0) is 12.8. The fourth-order valence-corrected chi connectivity index (χ4v) is 2.29. The molecular weight excluding hydrogens is 226 g/mol. The summed E-state index contributed by atoms with van der Waals surface area (Å²) in [5.41, 5.74) is 4.37. The molecule has 0 bridgehead atoms. The van der Waals surface area contributed by atoms with E-state index in [1.165, 1.54) is 31.2 Å². The summed E-state index contributed by atoms with van der Waals surface area (Å²) in [5, 5.41) is 0. The third-order valence-electron chi connectivity index (χ3n) is 3.40. The maximum atomic E-state index is 5.72. The van der Waals surface area contributed by atoms with E-state index >= 15 is 0 Å². The van der Waals surface area contributed by atoms with E-state index in [9.17, 15) is 0 Å². The topological polar surface area (TPSA) is 30.5 Å². The van der Waals surface area contributed by atoms with Gasteiger partial charge in [0.2, 0.25) is 0 Å². The van der Waals surface area contributed by atoms with Gasteiger partial charge >= 0.3 is 0 Å². The van der Waals surface area contributed by atoms with Gasteiger partial charge in [0, 0.05) is 0 Å². The second-order valence-corrected chi connectivity index (χ2v) is 4.87. The minimum Gasteiger partial charge on any atom is -0.494 e. The van der Waals surface area contributed by atoms with Crippen molar-refractivity contribution in [2.75, 3.05) is 6.61 Å². The summed E-state index contributed by atoms with van der Waals surface area (Å²) >= 11 is 0.